The molecule has 0 aliphatic heterocycles. The molecule has 98 valence electrons. The summed E-state index contributed by atoms with van der Waals surface area (Å²) in [5.74, 6) is 0. The molecule has 1 atom stereocenters. The third kappa shape index (κ3) is 2.83. The Morgan fingerprint density at radius 3 is 2.26 bits per heavy atom. The second kappa shape index (κ2) is 5.51. The quantitative estimate of drug-likeness (QED) is 0.880. The molecule has 1 saturated carbocycles. The fraction of sp³-hybridized carbons (Fsp3) is 0.312. The van der Waals surface area contributed by atoms with Crippen molar-refractivity contribution < 1.29 is 5.11 Å². The number of aliphatic hydroxyl groups excluding tert-OH is 1. The van der Waals surface area contributed by atoms with Gasteiger partial charge in [-0.2, -0.15) is 0 Å². The van der Waals surface area contributed by atoms with E-state index >= 15 is 0 Å². The Balaban J connectivity index is 1.83. The Morgan fingerprint density at radius 1 is 1.00 bits per heavy atom. The second-order valence-electron chi connectivity index (χ2n) is 5.11. The number of aromatic nitrogens is 1. The van der Waals surface area contributed by atoms with Crippen LogP contribution in [0.5, 0.6) is 0 Å². The third-order valence-electron chi connectivity index (χ3n) is 3.69. The molecule has 3 rings (SSSR count). The van der Waals surface area contributed by atoms with Gasteiger partial charge in [0.25, 0.3) is 0 Å². The van der Waals surface area contributed by atoms with Crippen LogP contribution in [0.15, 0.2) is 54.9 Å². The maximum Gasteiger partial charge on any atom is 0.0579 e. The van der Waals surface area contributed by atoms with Gasteiger partial charge in [0.1, 0.15) is 0 Å². The van der Waals surface area contributed by atoms with Gasteiger partial charge in [-0.3, -0.25) is 4.98 Å². The average Bonchev–Trinajstić information content (AvgIpc) is 2.44. The molecular formula is C16H18N2O. The first-order valence-electron chi connectivity index (χ1n) is 6.72. The van der Waals surface area contributed by atoms with Crippen molar-refractivity contribution in [1.82, 2.24) is 10.3 Å². The largest absolute Gasteiger partial charge is 0.393 e. The van der Waals surface area contributed by atoms with Crippen LogP contribution in [0.1, 0.15) is 30.0 Å². The fourth-order valence-electron chi connectivity index (χ4n) is 2.55. The van der Waals surface area contributed by atoms with E-state index < -0.39 is 0 Å². The molecule has 0 spiro atoms. The first-order chi connectivity index (χ1) is 9.33. The molecule has 1 unspecified atom stereocenters. The van der Waals surface area contributed by atoms with Crippen LogP contribution >= 0.6 is 0 Å². The highest BCUT2D eigenvalue weighted by molar-refractivity contribution is 5.30. The Labute approximate surface area is 113 Å². The molecule has 19 heavy (non-hydrogen) atoms. The van der Waals surface area contributed by atoms with Gasteiger partial charge in [0.05, 0.1) is 12.1 Å². The standard InChI is InChI=1S/C16H18N2O/c19-15-10-14(11-15)18-16(12-4-2-1-3-5-12)13-6-8-17-9-7-13/h1-9,14-16,18-19H,10-11H2. The van der Waals surface area contributed by atoms with E-state index in [-0.39, 0.29) is 12.1 Å². The summed E-state index contributed by atoms with van der Waals surface area (Å²) in [4.78, 5) is 4.08. The molecule has 0 radical (unpaired) electrons. The van der Waals surface area contributed by atoms with E-state index in [4.69, 9.17) is 0 Å². The van der Waals surface area contributed by atoms with Crippen LogP contribution < -0.4 is 5.32 Å². The van der Waals surface area contributed by atoms with Gasteiger partial charge < -0.3 is 10.4 Å². The molecule has 1 heterocycles. The van der Waals surface area contributed by atoms with Crippen molar-refractivity contribution in [2.45, 2.75) is 31.0 Å². The Hall–Kier alpha value is -1.71. The van der Waals surface area contributed by atoms with Crippen LogP contribution in [-0.2, 0) is 0 Å². The van der Waals surface area contributed by atoms with Crippen LogP contribution in [0.3, 0.4) is 0 Å². The molecule has 2 aromatic rings. The predicted octanol–water partition coefficient (Wildman–Crippen LogP) is 2.28. The lowest BCUT2D eigenvalue weighted by molar-refractivity contribution is 0.0595. The van der Waals surface area contributed by atoms with Crippen molar-refractivity contribution in [3.8, 4) is 0 Å². The van der Waals surface area contributed by atoms with E-state index in [1.54, 1.807) is 0 Å². The van der Waals surface area contributed by atoms with E-state index in [1.165, 1.54) is 11.1 Å². The number of rotatable bonds is 4. The number of hydrogen-bond acceptors (Lipinski definition) is 3. The van der Waals surface area contributed by atoms with Crippen LogP contribution in [0.25, 0.3) is 0 Å². The molecule has 1 aromatic carbocycles. The van der Waals surface area contributed by atoms with Gasteiger partial charge in [0, 0.05) is 18.4 Å². The van der Waals surface area contributed by atoms with Crippen LogP contribution in [0.4, 0.5) is 0 Å². The molecule has 3 nitrogen and oxygen atoms in total. The van der Waals surface area contributed by atoms with E-state index in [1.807, 2.05) is 30.6 Å². The van der Waals surface area contributed by atoms with Crippen molar-refractivity contribution in [1.29, 1.82) is 0 Å². The SMILES string of the molecule is OC1CC(NC(c2ccccc2)c2ccncc2)C1. The zero-order chi connectivity index (χ0) is 13.1. The zero-order valence-corrected chi connectivity index (χ0v) is 10.7. The lowest BCUT2D eigenvalue weighted by atomic mass is 9.87. The van der Waals surface area contributed by atoms with Crippen molar-refractivity contribution in [2.75, 3.05) is 0 Å². The monoisotopic (exact) mass is 254 g/mol. The van der Waals surface area contributed by atoms with Crippen LogP contribution in [0, 0.1) is 0 Å². The van der Waals surface area contributed by atoms with E-state index in [9.17, 15) is 5.11 Å². The predicted molar refractivity (Wildman–Crippen MR) is 74.7 cm³/mol. The number of hydrogen-bond donors (Lipinski definition) is 2. The first kappa shape index (κ1) is 12.3. The van der Waals surface area contributed by atoms with Gasteiger partial charge in [-0.15, -0.1) is 0 Å². The number of pyridine rings is 1. The summed E-state index contributed by atoms with van der Waals surface area (Å²) in [7, 11) is 0. The molecule has 2 N–H and O–H groups in total. The number of nitrogens with one attached hydrogen (secondary N) is 1. The molecule has 0 amide bonds. The Morgan fingerprint density at radius 2 is 1.63 bits per heavy atom. The molecule has 3 heteroatoms. The first-order valence-corrected chi connectivity index (χ1v) is 6.72. The lowest BCUT2D eigenvalue weighted by Crippen LogP contribution is -2.45. The van der Waals surface area contributed by atoms with Gasteiger partial charge in [0.15, 0.2) is 0 Å². The van der Waals surface area contributed by atoms with Crippen molar-refractivity contribution in [3.05, 3.63) is 66.0 Å². The molecule has 1 aliphatic rings. The Kier molecular flexibility index (Phi) is 3.58. The normalized spacial score (nSPS) is 23.6. The summed E-state index contributed by atoms with van der Waals surface area (Å²) >= 11 is 0. The maximum atomic E-state index is 9.42. The van der Waals surface area contributed by atoms with Crippen molar-refractivity contribution in [3.63, 3.8) is 0 Å². The summed E-state index contributed by atoms with van der Waals surface area (Å²) in [6, 6.07) is 15.1. The summed E-state index contributed by atoms with van der Waals surface area (Å²) in [5, 5.41) is 13.1. The number of benzene rings is 1. The van der Waals surface area contributed by atoms with Crippen LogP contribution in [0.2, 0.25) is 0 Å². The molecular weight excluding hydrogens is 236 g/mol. The summed E-state index contributed by atoms with van der Waals surface area (Å²) in [5.41, 5.74) is 2.46. The van der Waals surface area contributed by atoms with Gasteiger partial charge >= 0.3 is 0 Å². The molecule has 0 saturated heterocycles. The number of nitrogens with zero attached hydrogens (tertiary/aromatic N) is 1. The zero-order valence-electron chi connectivity index (χ0n) is 10.7. The van der Waals surface area contributed by atoms with Gasteiger partial charge in [-0.05, 0) is 36.1 Å². The fourth-order valence-corrected chi connectivity index (χ4v) is 2.55. The van der Waals surface area contributed by atoms with Crippen molar-refractivity contribution in [2.24, 2.45) is 0 Å². The van der Waals surface area contributed by atoms with Gasteiger partial charge in [-0.25, -0.2) is 0 Å². The highest BCUT2D eigenvalue weighted by Crippen LogP contribution is 2.27. The van der Waals surface area contributed by atoms with Gasteiger partial charge in [-0.1, -0.05) is 30.3 Å². The highest BCUT2D eigenvalue weighted by Gasteiger charge is 2.29. The number of aliphatic hydroxyl groups is 1. The second-order valence-corrected chi connectivity index (χ2v) is 5.11. The van der Waals surface area contributed by atoms with E-state index in [0.29, 0.717) is 6.04 Å². The summed E-state index contributed by atoms with van der Waals surface area (Å²) in [6.45, 7) is 0. The van der Waals surface area contributed by atoms with Gasteiger partial charge in [0.2, 0.25) is 0 Å². The Bertz CT molecular complexity index is 469. The molecule has 1 aliphatic carbocycles. The summed E-state index contributed by atoms with van der Waals surface area (Å²) in [6.07, 6.45) is 5.19. The minimum Gasteiger partial charge on any atom is -0.393 e. The molecule has 1 fully saturated rings. The summed E-state index contributed by atoms with van der Waals surface area (Å²) < 4.78 is 0. The maximum absolute atomic E-state index is 9.42. The minimum absolute atomic E-state index is 0.133. The molecule has 0 bridgehead atoms. The van der Waals surface area contributed by atoms with E-state index in [0.717, 1.165) is 12.8 Å². The lowest BCUT2D eigenvalue weighted by Gasteiger charge is -2.35. The smallest absolute Gasteiger partial charge is 0.0579 e. The third-order valence-corrected chi connectivity index (χ3v) is 3.69. The average molecular weight is 254 g/mol. The topological polar surface area (TPSA) is 45.1 Å². The molecule has 1 aromatic heterocycles. The van der Waals surface area contributed by atoms with E-state index in [2.05, 4.69) is 34.6 Å². The van der Waals surface area contributed by atoms with Crippen molar-refractivity contribution >= 4 is 0 Å². The highest BCUT2D eigenvalue weighted by atomic mass is 16.3. The minimum atomic E-state index is -0.133. The van der Waals surface area contributed by atoms with Crippen LogP contribution in [-0.4, -0.2) is 22.2 Å².